The van der Waals surface area contributed by atoms with Crippen LogP contribution in [-0.4, -0.2) is 26.5 Å². The lowest BCUT2D eigenvalue weighted by molar-refractivity contribution is -0.155. The van der Waals surface area contributed by atoms with Crippen LogP contribution in [0, 0.1) is 0 Å². The number of carbonyl (C=O) groups excluding carboxylic acids is 1. The number of aromatic hydroxyl groups is 1. The maximum atomic E-state index is 11.3. The molecule has 5 heteroatoms. The van der Waals surface area contributed by atoms with Crippen molar-refractivity contribution < 1.29 is 14.6 Å². The van der Waals surface area contributed by atoms with E-state index in [9.17, 15) is 4.79 Å². The van der Waals surface area contributed by atoms with Crippen molar-refractivity contribution in [3.63, 3.8) is 0 Å². The Morgan fingerprint density at radius 3 is 2.71 bits per heavy atom. The molecule has 1 rings (SSSR count). The first-order valence-corrected chi connectivity index (χ1v) is 4.30. The van der Waals surface area contributed by atoms with Gasteiger partial charge < -0.3 is 9.84 Å². The Balaban J connectivity index is 2.50. The largest absolute Gasteiger partial charge is 0.505 e. The van der Waals surface area contributed by atoms with Gasteiger partial charge in [0.05, 0.1) is 12.4 Å². The number of aromatic nitrogens is 2. The number of nitrogens with zero attached hydrogens (tertiary/aromatic N) is 2. The first-order chi connectivity index (χ1) is 6.37. The molecule has 14 heavy (non-hydrogen) atoms. The molecule has 0 atom stereocenters. The van der Waals surface area contributed by atoms with E-state index in [1.54, 1.807) is 20.8 Å². The molecule has 0 fully saturated rings. The van der Waals surface area contributed by atoms with Crippen molar-refractivity contribution in [3.05, 3.63) is 12.4 Å². The second-order valence-electron chi connectivity index (χ2n) is 3.98. The Morgan fingerprint density at radius 2 is 2.29 bits per heavy atom. The Labute approximate surface area is 82.3 Å². The van der Waals surface area contributed by atoms with Gasteiger partial charge in [-0.1, -0.05) is 0 Å². The highest BCUT2D eigenvalue weighted by Crippen LogP contribution is 2.09. The first kappa shape index (κ1) is 10.6. The summed E-state index contributed by atoms with van der Waals surface area (Å²) >= 11 is 0. The molecule has 78 valence electrons. The molecule has 0 saturated heterocycles. The monoisotopic (exact) mass is 198 g/mol. The van der Waals surface area contributed by atoms with Gasteiger partial charge in [0.25, 0.3) is 0 Å². The lowest BCUT2D eigenvalue weighted by Gasteiger charge is -2.19. The Hall–Kier alpha value is -1.52. The van der Waals surface area contributed by atoms with Crippen LogP contribution in [0.5, 0.6) is 5.75 Å². The van der Waals surface area contributed by atoms with Gasteiger partial charge in [-0.3, -0.25) is 9.48 Å². The molecular weight excluding hydrogens is 184 g/mol. The fourth-order valence-corrected chi connectivity index (χ4v) is 0.945. The van der Waals surface area contributed by atoms with Crippen molar-refractivity contribution in [3.8, 4) is 5.75 Å². The molecule has 0 unspecified atom stereocenters. The normalized spacial score (nSPS) is 11.4. The zero-order valence-corrected chi connectivity index (χ0v) is 8.52. The number of esters is 1. The lowest BCUT2D eigenvalue weighted by atomic mass is 10.2. The Bertz CT molecular complexity index is 325. The molecule has 0 aromatic carbocycles. The minimum absolute atomic E-state index is 0.0117. The molecule has 1 aromatic heterocycles. The van der Waals surface area contributed by atoms with E-state index in [0.717, 1.165) is 0 Å². The number of hydrogen-bond acceptors (Lipinski definition) is 4. The topological polar surface area (TPSA) is 64.3 Å². The standard InChI is InChI=1S/C9H14N2O3/c1-9(2,3)14-8(13)6-11-5-7(12)4-10-11/h4-5,12H,6H2,1-3H3. The van der Waals surface area contributed by atoms with E-state index in [1.165, 1.54) is 17.1 Å². The van der Waals surface area contributed by atoms with E-state index in [0.29, 0.717) is 0 Å². The minimum atomic E-state index is -0.494. The van der Waals surface area contributed by atoms with Gasteiger partial charge in [0.15, 0.2) is 5.75 Å². The van der Waals surface area contributed by atoms with Crippen LogP contribution in [0.1, 0.15) is 20.8 Å². The zero-order valence-electron chi connectivity index (χ0n) is 8.52. The first-order valence-electron chi connectivity index (χ1n) is 4.30. The number of rotatable bonds is 2. The molecular formula is C9H14N2O3. The zero-order chi connectivity index (χ0) is 10.8. The van der Waals surface area contributed by atoms with Gasteiger partial charge in [-0.2, -0.15) is 5.10 Å². The highest BCUT2D eigenvalue weighted by Gasteiger charge is 2.16. The summed E-state index contributed by atoms with van der Waals surface area (Å²) in [5.41, 5.74) is -0.494. The van der Waals surface area contributed by atoms with Gasteiger partial charge >= 0.3 is 5.97 Å². The van der Waals surface area contributed by atoms with E-state index in [4.69, 9.17) is 9.84 Å². The fourth-order valence-electron chi connectivity index (χ4n) is 0.945. The molecule has 0 saturated carbocycles. The minimum Gasteiger partial charge on any atom is -0.505 e. The highest BCUT2D eigenvalue weighted by atomic mass is 16.6. The summed E-state index contributed by atoms with van der Waals surface area (Å²) in [6, 6.07) is 0. The summed E-state index contributed by atoms with van der Waals surface area (Å²) in [7, 11) is 0. The second-order valence-corrected chi connectivity index (χ2v) is 3.98. The third-order valence-electron chi connectivity index (χ3n) is 1.33. The van der Waals surface area contributed by atoms with Crippen molar-refractivity contribution in [1.82, 2.24) is 9.78 Å². The molecule has 0 spiro atoms. The molecule has 5 nitrogen and oxygen atoms in total. The van der Waals surface area contributed by atoms with Gasteiger partial charge in [0.2, 0.25) is 0 Å². The van der Waals surface area contributed by atoms with Crippen molar-refractivity contribution in [2.24, 2.45) is 0 Å². The maximum absolute atomic E-state index is 11.3. The molecule has 0 aliphatic rings. The Kier molecular flexibility index (Phi) is 2.78. The van der Waals surface area contributed by atoms with Crippen LogP contribution in [0.15, 0.2) is 12.4 Å². The summed E-state index contributed by atoms with van der Waals surface area (Å²) in [5.74, 6) is -0.339. The predicted molar refractivity (Wildman–Crippen MR) is 49.7 cm³/mol. The van der Waals surface area contributed by atoms with Crippen LogP contribution in [0.4, 0.5) is 0 Å². The molecule has 0 aliphatic carbocycles. The van der Waals surface area contributed by atoms with E-state index >= 15 is 0 Å². The second kappa shape index (κ2) is 3.69. The Morgan fingerprint density at radius 1 is 1.64 bits per heavy atom. The van der Waals surface area contributed by atoms with E-state index in [-0.39, 0.29) is 18.3 Å². The van der Waals surface area contributed by atoms with E-state index in [1.807, 2.05) is 0 Å². The van der Waals surface area contributed by atoms with Crippen LogP contribution in [-0.2, 0) is 16.1 Å². The molecule has 0 radical (unpaired) electrons. The average molecular weight is 198 g/mol. The summed E-state index contributed by atoms with van der Waals surface area (Å²) in [5, 5.41) is 12.7. The van der Waals surface area contributed by atoms with E-state index < -0.39 is 5.60 Å². The SMILES string of the molecule is CC(C)(C)OC(=O)Cn1cc(O)cn1. The van der Waals surface area contributed by atoms with Crippen LogP contribution in [0.3, 0.4) is 0 Å². The summed E-state index contributed by atoms with van der Waals surface area (Å²) < 4.78 is 6.39. The third-order valence-corrected chi connectivity index (χ3v) is 1.33. The van der Waals surface area contributed by atoms with Crippen molar-refractivity contribution in [1.29, 1.82) is 0 Å². The van der Waals surface area contributed by atoms with Crippen molar-refractivity contribution in [2.45, 2.75) is 32.9 Å². The van der Waals surface area contributed by atoms with Crippen molar-refractivity contribution >= 4 is 5.97 Å². The van der Waals surface area contributed by atoms with E-state index in [2.05, 4.69) is 5.10 Å². The predicted octanol–water partition coefficient (Wildman–Crippen LogP) is 0.930. The van der Waals surface area contributed by atoms with Gasteiger partial charge in [0, 0.05) is 0 Å². The highest BCUT2D eigenvalue weighted by molar-refractivity contribution is 5.69. The quantitative estimate of drug-likeness (QED) is 0.718. The fraction of sp³-hybridized carbons (Fsp3) is 0.556. The molecule has 0 bridgehead atoms. The summed E-state index contributed by atoms with van der Waals surface area (Å²) in [6.45, 7) is 5.40. The molecule has 1 aromatic rings. The van der Waals surface area contributed by atoms with Gasteiger partial charge in [-0.25, -0.2) is 0 Å². The van der Waals surface area contributed by atoms with Crippen LogP contribution in [0.25, 0.3) is 0 Å². The number of ether oxygens (including phenoxy) is 1. The molecule has 0 aliphatic heterocycles. The third kappa shape index (κ3) is 3.47. The molecule has 1 heterocycles. The van der Waals surface area contributed by atoms with Gasteiger partial charge in [-0.05, 0) is 20.8 Å². The maximum Gasteiger partial charge on any atom is 0.328 e. The van der Waals surface area contributed by atoms with Crippen LogP contribution >= 0.6 is 0 Å². The number of hydrogen-bond donors (Lipinski definition) is 1. The smallest absolute Gasteiger partial charge is 0.328 e. The van der Waals surface area contributed by atoms with Gasteiger partial charge in [0.1, 0.15) is 12.1 Å². The van der Waals surface area contributed by atoms with Crippen LogP contribution in [0.2, 0.25) is 0 Å². The van der Waals surface area contributed by atoms with Gasteiger partial charge in [-0.15, -0.1) is 0 Å². The summed E-state index contributed by atoms with van der Waals surface area (Å²) in [6.07, 6.45) is 2.63. The van der Waals surface area contributed by atoms with Crippen LogP contribution < -0.4 is 0 Å². The molecule has 1 N–H and O–H groups in total. The molecule has 0 amide bonds. The van der Waals surface area contributed by atoms with Crippen molar-refractivity contribution in [2.75, 3.05) is 0 Å². The summed E-state index contributed by atoms with van der Waals surface area (Å²) in [4.78, 5) is 11.3. The number of carbonyl (C=O) groups is 1. The average Bonchev–Trinajstić information content (AvgIpc) is 2.30. The lowest BCUT2D eigenvalue weighted by Crippen LogP contribution is -2.26.